The van der Waals surface area contributed by atoms with Gasteiger partial charge in [0.1, 0.15) is 5.82 Å². The molecule has 0 spiro atoms. The predicted octanol–water partition coefficient (Wildman–Crippen LogP) is 6.62. The molecule has 0 aromatic heterocycles. The van der Waals surface area contributed by atoms with Gasteiger partial charge >= 0.3 is 0 Å². The van der Waals surface area contributed by atoms with Gasteiger partial charge in [-0.2, -0.15) is 0 Å². The van der Waals surface area contributed by atoms with Crippen LogP contribution in [0.3, 0.4) is 0 Å². The van der Waals surface area contributed by atoms with E-state index in [0.717, 1.165) is 33.7 Å². The number of aliphatic imine (C=N–C) groups is 2. The van der Waals surface area contributed by atoms with Gasteiger partial charge in [-0.25, -0.2) is 4.39 Å². The number of benzene rings is 2. The van der Waals surface area contributed by atoms with Crippen molar-refractivity contribution in [2.45, 2.75) is 53.3 Å². The van der Waals surface area contributed by atoms with Crippen LogP contribution in [-0.4, -0.2) is 35.0 Å². The van der Waals surface area contributed by atoms with E-state index < -0.39 is 5.82 Å². The maximum Gasteiger partial charge on any atom is 0.153 e. The summed E-state index contributed by atoms with van der Waals surface area (Å²) in [6.45, 7) is 9.91. The molecule has 3 rings (SSSR count). The highest BCUT2D eigenvalue weighted by molar-refractivity contribution is 7.94. The molecule has 1 heterocycles. The number of allylic oxidation sites excluding steroid dienone is 1. The molecule has 4 nitrogen and oxygen atoms in total. The summed E-state index contributed by atoms with van der Waals surface area (Å²) in [4.78, 5) is 22.0. The topological polar surface area (TPSA) is 51.0 Å². The van der Waals surface area contributed by atoms with Gasteiger partial charge < -0.3 is 4.18 Å². The minimum atomic E-state index is -0.411. The molecule has 0 amide bonds. The number of carbonyl (C=O) groups excluding carboxylic acids is 1. The molecule has 1 aliphatic heterocycles. The zero-order valence-electron chi connectivity index (χ0n) is 19.5. The molecule has 0 radical (unpaired) electrons. The summed E-state index contributed by atoms with van der Waals surface area (Å²) in [5, 5.41) is 0.278. The van der Waals surface area contributed by atoms with Gasteiger partial charge in [0.15, 0.2) is 5.78 Å². The highest BCUT2D eigenvalue weighted by Gasteiger charge is 2.28. The highest BCUT2D eigenvalue weighted by Crippen LogP contribution is 2.31. The molecule has 174 valence electrons. The SMILES string of the molecule is CCSOCc1ccc2c(c1)C(=N/C(C)C)/C(=C\C(C)=O)C(C)N=C2c1ccc(F)cc1Cl. The third kappa shape index (κ3) is 6.19. The van der Waals surface area contributed by atoms with Gasteiger partial charge in [0, 0.05) is 34.1 Å². The number of hydrogen-bond acceptors (Lipinski definition) is 5. The van der Waals surface area contributed by atoms with E-state index in [0.29, 0.717) is 17.9 Å². The standard InChI is InChI=1S/C26H28ClFN2O2S/c1-6-33-32-14-18-7-9-20-23(12-18)26(29-15(2)3)22(11-16(4)31)17(5)30-25(20)21-10-8-19(28)13-24(21)27/h7-13,15,17H,6,14H2,1-5H3/b22-11-,29-26+. The van der Waals surface area contributed by atoms with Crippen LogP contribution in [0.5, 0.6) is 0 Å². The Morgan fingerprint density at radius 1 is 1.24 bits per heavy atom. The normalized spacial score (nSPS) is 18.4. The monoisotopic (exact) mass is 486 g/mol. The lowest BCUT2D eigenvalue weighted by atomic mass is 9.90. The summed E-state index contributed by atoms with van der Waals surface area (Å²) in [5.41, 5.74) is 5.39. The van der Waals surface area contributed by atoms with E-state index in [1.165, 1.54) is 31.1 Å². The first-order chi connectivity index (χ1) is 15.7. The van der Waals surface area contributed by atoms with Crippen molar-refractivity contribution in [2.75, 3.05) is 5.75 Å². The Balaban J connectivity index is 2.30. The summed E-state index contributed by atoms with van der Waals surface area (Å²) in [6.07, 6.45) is 1.60. The first-order valence-electron chi connectivity index (χ1n) is 10.9. The first kappa shape index (κ1) is 25.3. The Kier molecular flexibility index (Phi) is 8.63. The van der Waals surface area contributed by atoms with Crippen LogP contribution in [-0.2, 0) is 15.6 Å². The average molecular weight is 487 g/mol. The average Bonchev–Trinajstić information content (AvgIpc) is 2.84. The minimum Gasteiger partial charge on any atom is -0.311 e. The van der Waals surface area contributed by atoms with Crippen molar-refractivity contribution >= 4 is 40.9 Å². The fraction of sp³-hybridized carbons (Fsp3) is 0.346. The van der Waals surface area contributed by atoms with Crippen LogP contribution in [0, 0.1) is 5.82 Å². The molecule has 0 saturated heterocycles. The van der Waals surface area contributed by atoms with E-state index in [1.807, 2.05) is 45.9 Å². The van der Waals surface area contributed by atoms with Crippen LogP contribution in [0.1, 0.15) is 56.9 Å². The Bertz CT molecular complexity index is 1140. The van der Waals surface area contributed by atoms with Crippen LogP contribution in [0.4, 0.5) is 4.39 Å². The Labute approximate surface area is 204 Å². The van der Waals surface area contributed by atoms with Crippen LogP contribution >= 0.6 is 23.6 Å². The molecule has 0 saturated carbocycles. The van der Waals surface area contributed by atoms with E-state index in [4.69, 9.17) is 25.8 Å². The molecular weight excluding hydrogens is 459 g/mol. The smallest absolute Gasteiger partial charge is 0.153 e. The molecule has 0 N–H and O–H groups in total. The van der Waals surface area contributed by atoms with Crippen LogP contribution < -0.4 is 0 Å². The Morgan fingerprint density at radius 3 is 2.61 bits per heavy atom. The van der Waals surface area contributed by atoms with E-state index in [1.54, 1.807) is 12.1 Å². The lowest BCUT2D eigenvalue weighted by molar-refractivity contribution is -0.112. The number of hydrogen-bond donors (Lipinski definition) is 0. The summed E-state index contributed by atoms with van der Waals surface area (Å²) >= 11 is 7.85. The van der Waals surface area contributed by atoms with E-state index in [9.17, 15) is 9.18 Å². The highest BCUT2D eigenvalue weighted by atomic mass is 35.5. The van der Waals surface area contributed by atoms with Gasteiger partial charge in [0.2, 0.25) is 0 Å². The van der Waals surface area contributed by atoms with E-state index in [-0.39, 0.29) is 22.9 Å². The molecule has 2 aromatic carbocycles. The number of carbonyl (C=O) groups is 1. The van der Waals surface area contributed by atoms with Crippen molar-refractivity contribution in [1.29, 1.82) is 0 Å². The number of rotatable bonds is 7. The molecule has 1 atom stereocenters. The van der Waals surface area contributed by atoms with Gasteiger partial charge in [0.25, 0.3) is 0 Å². The second-order valence-electron chi connectivity index (χ2n) is 8.11. The Morgan fingerprint density at radius 2 is 1.97 bits per heavy atom. The fourth-order valence-electron chi connectivity index (χ4n) is 3.67. The molecule has 33 heavy (non-hydrogen) atoms. The molecule has 1 aliphatic rings. The first-order valence-corrected chi connectivity index (χ1v) is 12.2. The number of fused-ring (bicyclic) bond motifs is 1. The summed E-state index contributed by atoms with van der Waals surface area (Å²) in [5.74, 6) is 0.368. The number of nitrogens with zero attached hydrogens (tertiary/aromatic N) is 2. The van der Waals surface area contributed by atoms with Gasteiger partial charge in [0.05, 0.1) is 29.1 Å². The second-order valence-corrected chi connectivity index (χ2v) is 9.56. The van der Waals surface area contributed by atoms with Crippen molar-refractivity contribution in [3.05, 3.63) is 81.1 Å². The molecule has 7 heteroatoms. The molecule has 0 bridgehead atoms. The third-order valence-corrected chi connectivity index (χ3v) is 5.83. The number of ketones is 1. The molecular formula is C26H28ClFN2O2S. The molecule has 0 fully saturated rings. The van der Waals surface area contributed by atoms with Crippen molar-refractivity contribution in [3.8, 4) is 0 Å². The maximum absolute atomic E-state index is 13.8. The lowest BCUT2D eigenvalue weighted by Gasteiger charge is -2.16. The largest absolute Gasteiger partial charge is 0.311 e. The zero-order chi connectivity index (χ0) is 24.1. The summed E-state index contributed by atoms with van der Waals surface area (Å²) in [7, 11) is 0. The Hall–Kier alpha value is -2.28. The summed E-state index contributed by atoms with van der Waals surface area (Å²) in [6, 6.07) is 9.94. The van der Waals surface area contributed by atoms with Gasteiger partial charge in [-0.05, 0) is 75.6 Å². The fourth-order valence-corrected chi connectivity index (χ4v) is 4.31. The van der Waals surface area contributed by atoms with Crippen molar-refractivity contribution in [2.24, 2.45) is 9.98 Å². The van der Waals surface area contributed by atoms with Crippen molar-refractivity contribution in [1.82, 2.24) is 0 Å². The summed E-state index contributed by atoms with van der Waals surface area (Å²) < 4.78 is 19.5. The molecule has 1 unspecified atom stereocenters. The van der Waals surface area contributed by atoms with Gasteiger partial charge in [-0.15, -0.1) is 0 Å². The molecule has 2 aromatic rings. The maximum atomic E-state index is 13.8. The van der Waals surface area contributed by atoms with Crippen LogP contribution in [0.2, 0.25) is 5.02 Å². The quantitative estimate of drug-likeness (QED) is 0.251. The van der Waals surface area contributed by atoms with E-state index >= 15 is 0 Å². The van der Waals surface area contributed by atoms with Crippen LogP contribution in [0.15, 0.2) is 58.0 Å². The zero-order valence-corrected chi connectivity index (χ0v) is 21.1. The minimum absolute atomic E-state index is 0.00178. The second kappa shape index (κ2) is 11.2. The predicted molar refractivity (Wildman–Crippen MR) is 136 cm³/mol. The van der Waals surface area contributed by atoms with Gasteiger partial charge in [-0.1, -0.05) is 30.7 Å². The third-order valence-electron chi connectivity index (χ3n) is 5.00. The van der Waals surface area contributed by atoms with Crippen LogP contribution in [0.25, 0.3) is 0 Å². The molecule has 0 aliphatic carbocycles. The van der Waals surface area contributed by atoms with Crippen molar-refractivity contribution in [3.63, 3.8) is 0 Å². The van der Waals surface area contributed by atoms with E-state index in [2.05, 4.69) is 0 Å². The number of halogens is 2. The van der Waals surface area contributed by atoms with Gasteiger partial charge in [-0.3, -0.25) is 14.8 Å². The van der Waals surface area contributed by atoms with Crippen molar-refractivity contribution < 1.29 is 13.4 Å². The lowest BCUT2D eigenvalue weighted by Crippen LogP contribution is -2.17.